The molecule has 0 aromatic heterocycles. The van der Waals surface area contributed by atoms with Gasteiger partial charge in [-0.05, 0) is 68.1 Å². The normalized spacial score (nSPS) is 19.4. The van der Waals surface area contributed by atoms with Gasteiger partial charge in [0.1, 0.15) is 0 Å². The predicted molar refractivity (Wildman–Crippen MR) is 111 cm³/mol. The largest absolute Gasteiger partial charge is 0.349 e. The molecule has 2 aromatic carbocycles. The summed E-state index contributed by atoms with van der Waals surface area (Å²) >= 11 is 5.99. The van der Waals surface area contributed by atoms with Crippen molar-refractivity contribution in [1.82, 2.24) is 10.2 Å². The Balaban J connectivity index is 1.37. The monoisotopic (exact) mass is 397 g/mol. The Hall–Kier alpha value is -2.37. The Labute approximate surface area is 170 Å². The van der Waals surface area contributed by atoms with Gasteiger partial charge in [0, 0.05) is 28.4 Å². The van der Waals surface area contributed by atoms with Crippen LogP contribution in [-0.2, 0) is 4.79 Å². The molecule has 1 aliphatic heterocycles. The zero-order chi connectivity index (χ0) is 19.5. The summed E-state index contributed by atoms with van der Waals surface area (Å²) in [6.07, 6.45) is 4.20. The summed E-state index contributed by atoms with van der Waals surface area (Å²) in [5.74, 6) is -0.151. The predicted octanol–water partition coefficient (Wildman–Crippen LogP) is 4.01. The number of nitrogens with zero attached hydrogens (tertiary/aromatic N) is 1. The number of halogens is 1. The average Bonchev–Trinajstić information content (AvgIpc) is 3.38. The van der Waals surface area contributed by atoms with Crippen molar-refractivity contribution < 1.29 is 9.59 Å². The van der Waals surface area contributed by atoms with Gasteiger partial charge in [-0.15, -0.1) is 0 Å². The van der Waals surface area contributed by atoms with Crippen molar-refractivity contribution in [3.05, 3.63) is 64.7 Å². The number of anilines is 1. The molecule has 1 heterocycles. The topological polar surface area (TPSA) is 61.4 Å². The second-order valence-electron chi connectivity index (χ2n) is 7.56. The minimum Gasteiger partial charge on any atom is -0.349 e. The molecule has 1 saturated carbocycles. The highest BCUT2D eigenvalue weighted by molar-refractivity contribution is 6.30. The number of carbonyl (C=O) groups is 2. The minimum absolute atomic E-state index is 0.0689. The molecular weight excluding hydrogens is 374 g/mol. The second kappa shape index (κ2) is 8.33. The van der Waals surface area contributed by atoms with Crippen LogP contribution in [0.4, 0.5) is 5.69 Å². The summed E-state index contributed by atoms with van der Waals surface area (Å²) in [6.45, 7) is 1.22. The summed E-state index contributed by atoms with van der Waals surface area (Å²) < 4.78 is 0. The first-order valence-corrected chi connectivity index (χ1v) is 10.2. The highest BCUT2D eigenvalue weighted by Crippen LogP contribution is 2.32. The number of benzene rings is 2. The van der Waals surface area contributed by atoms with Gasteiger partial charge in [0.05, 0.1) is 6.54 Å². The summed E-state index contributed by atoms with van der Waals surface area (Å²) in [6, 6.07) is 15.5. The number of carbonyl (C=O) groups excluding carboxylic acids is 2. The molecule has 2 aliphatic rings. The first-order valence-electron chi connectivity index (χ1n) is 9.79. The molecular formula is C22H24ClN3O2. The molecule has 28 heavy (non-hydrogen) atoms. The highest BCUT2D eigenvalue weighted by Gasteiger charge is 2.27. The summed E-state index contributed by atoms with van der Waals surface area (Å²) in [4.78, 5) is 27.0. The molecule has 2 N–H and O–H groups in total. The highest BCUT2D eigenvalue weighted by atomic mass is 35.5. The summed E-state index contributed by atoms with van der Waals surface area (Å²) in [5.41, 5.74) is 2.41. The zero-order valence-electron chi connectivity index (χ0n) is 15.7. The molecule has 6 heteroatoms. The van der Waals surface area contributed by atoms with E-state index >= 15 is 0 Å². The molecule has 1 saturated heterocycles. The average molecular weight is 398 g/mol. The van der Waals surface area contributed by atoms with E-state index in [0.717, 1.165) is 37.3 Å². The molecule has 5 nitrogen and oxygen atoms in total. The van der Waals surface area contributed by atoms with Crippen LogP contribution < -0.4 is 10.6 Å². The molecule has 1 aliphatic carbocycles. The van der Waals surface area contributed by atoms with Gasteiger partial charge in [-0.3, -0.25) is 14.5 Å². The van der Waals surface area contributed by atoms with E-state index in [-0.39, 0.29) is 17.9 Å². The third-order valence-corrected chi connectivity index (χ3v) is 5.54. The van der Waals surface area contributed by atoms with E-state index in [4.69, 9.17) is 11.6 Å². The SMILES string of the molecule is O=C(CN1CCC[C@H]1c1ccc(Cl)cc1)Nc1cccc(C(=O)NC2CC2)c1. The van der Waals surface area contributed by atoms with Crippen molar-refractivity contribution >= 4 is 29.1 Å². The van der Waals surface area contributed by atoms with Crippen molar-refractivity contribution in [1.29, 1.82) is 0 Å². The fourth-order valence-corrected chi connectivity index (χ4v) is 3.82. The molecule has 2 aromatic rings. The smallest absolute Gasteiger partial charge is 0.251 e. The lowest BCUT2D eigenvalue weighted by molar-refractivity contribution is -0.117. The Bertz CT molecular complexity index is 864. The first-order chi connectivity index (χ1) is 13.6. The van der Waals surface area contributed by atoms with Gasteiger partial charge in [-0.1, -0.05) is 29.8 Å². The van der Waals surface area contributed by atoms with Gasteiger partial charge in [-0.25, -0.2) is 0 Å². The van der Waals surface area contributed by atoms with E-state index in [1.807, 2.05) is 30.3 Å². The Morgan fingerprint density at radius 3 is 2.61 bits per heavy atom. The number of nitrogens with one attached hydrogen (secondary N) is 2. The molecule has 4 rings (SSSR count). The maximum Gasteiger partial charge on any atom is 0.251 e. The van der Waals surface area contributed by atoms with Gasteiger partial charge in [-0.2, -0.15) is 0 Å². The summed E-state index contributed by atoms with van der Waals surface area (Å²) in [7, 11) is 0. The fraction of sp³-hybridized carbons (Fsp3) is 0.364. The lowest BCUT2D eigenvalue weighted by Crippen LogP contribution is -2.33. The van der Waals surface area contributed by atoms with Crippen molar-refractivity contribution in [3.8, 4) is 0 Å². The van der Waals surface area contributed by atoms with Crippen molar-refractivity contribution in [3.63, 3.8) is 0 Å². The zero-order valence-corrected chi connectivity index (χ0v) is 16.4. The van der Waals surface area contributed by atoms with Crippen LogP contribution in [0.5, 0.6) is 0 Å². The molecule has 0 bridgehead atoms. The van der Waals surface area contributed by atoms with Crippen LogP contribution in [-0.4, -0.2) is 35.8 Å². The number of likely N-dealkylation sites (tertiary alicyclic amines) is 1. The molecule has 1 atom stereocenters. The quantitative estimate of drug-likeness (QED) is 0.774. The van der Waals surface area contributed by atoms with Gasteiger partial charge in [0.2, 0.25) is 5.91 Å². The van der Waals surface area contributed by atoms with Gasteiger partial charge < -0.3 is 10.6 Å². The third kappa shape index (κ3) is 4.72. The van der Waals surface area contributed by atoms with Crippen LogP contribution in [0.15, 0.2) is 48.5 Å². The maximum atomic E-state index is 12.6. The van der Waals surface area contributed by atoms with E-state index < -0.39 is 0 Å². The van der Waals surface area contributed by atoms with Crippen LogP contribution in [0.25, 0.3) is 0 Å². The first kappa shape index (κ1) is 19.0. The minimum atomic E-state index is -0.0825. The number of hydrogen-bond acceptors (Lipinski definition) is 3. The van der Waals surface area contributed by atoms with Crippen molar-refractivity contribution in [2.24, 2.45) is 0 Å². The Kier molecular flexibility index (Phi) is 5.64. The van der Waals surface area contributed by atoms with Gasteiger partial charge in [0.25, 0.3) is 5.91 Å². The van der Waals surface area contributed by atoms with Gasteiger partial charge >= 0.3 is 0 Å². The van der Waals surface area contributed by atoms with E-state index in [1.165, 1.54) is 5.56 Å². The van der Waals surface area contributed by atoms with Crippen molar-refractivity contribution in [2.75, 3.05) is 18.4 Å². The lowest BCUT2D eigenvalue weighted by Gasteiger charge is -2.24. The van der Waals surface area contributed by atoms with E-state index in [0.29, 0.717) is 23.8 Å². The molecule has 2 fully saturated rings. The maximum absolute atomic E-state index is 12.6. The number of hydrogen-bond donors (Lipinski definition) is 2. The van der Waals surface area contributed by atoms with Crippen LogP contribution in [0.2, 0.25) is 5.02 Å². The Morgan fingerprint density at radius 1 is 1.07 bits per heavy atom. The third-order valence-electron chi connectivity index (χ3n) is 5.29. The van der Waals surface area contributed by atoms with E-state index in [2.05, 4.69) is 15.5 Å². The summed E-state index contributed by atoms with van der Waals surface area (Å²) in [5, 5.41) is 6.62. The van der Waals surface area contributed by atoms with Crippen LogP contribution in [0, 0.1) is 0 Å². The molecule has 0 unspecified atom stereocenters. The fourth-order valence-electron chi connectivity index (χ4n) is 3.70. The van der Waals surface area contributed by atoms with Crippen LogP contribution >= 0.6 is 11.6 Å². The van der Waals surface area contributed by atoms with Crippen LogP contribution in [0.1, 0.15) is 47.6 Å². The molecule has 0 spiro atoms. The van der Waals surface area contributed by atoms with E-state index in [9.17, 15) is 9.59 Å². The number of rotatable bonds is 6. The van der Waals surface area contributed by atoms with Gasteiger partial charge in [0.15, 0.2) is 0 Å². The lowest BCUT2D eigenvalue weighted by atomic mass is 10.0. The Morgan fingerprint density at radius 2 is 1.86 bits per heavy atom. The standard InChI is InChI=1S/C22H24ClN3O2/c23-17-8-6-15(7-9-17)20-5-2-12-26(20)14-21(27)24-19-4-1-3-16(13-19)22(28)25-18-10-11-18/h1,3-4,6-9,13,18,20H,2,5,10-12,14H2,(H,24,27)(H,25,28)/t20-/m0/s1. The molecule has 0 radical (unpaired) electrons. The van der Waals surface area contributed by atoms with Crippen LogP contribution in [0.3, 0.4) is 0 Å². The second-order valence-corrected chi connectivity index (χ2v) is 7.99. The molecule has 2 amide bonds. The van der Waals surface area contributed by atoms with E-state index in [1.54, 1.807) is 18.2 Å². The number of amides is 2. The van der Waals surface area contributed by atoms with Crippen molar-refractivity contribution in [2.45, 2.75) is 37.8 Å². The molecule has 146 valence electrons.